The number of nitrogens with one attached hydrogen (secondary N) is 1. The molecule has 0 bridgehead atoms. The highest BCUT2D eigenvalue weighted by atomic mass is 16.5. The predicted octanol–water partition coefficient (Wildman–Crippen LogP) is 5.62. The van der Waals surface area contributed by atoms with E-state index in [1.807, 2.05) is 18.5 Å². The molecule has 1 aliphatic rings. The smallest absolute Gasteiger partial charge is 0.224 e. The number of hydrogen-bond donors (Lipinski definition) is 1. The molecular weight excluding hydrogens is 422 g/mol. The number of nitrogens with zero attached hydrogens (tertiary/aromatic N) is 4. The first-order valence-electron chi connectivity index (χ1n) is 11.8. The maximum Gasteiger partial charge on any atom is 0.224 e. The number of rotatable bonds is 4. The van der Waals surface area contributed by atoms with E-state index in [9.17, 15) is 0 Å². The van der Waals surface area contributed by atoms with Crippen molar-refractivity contribution >= 4 is 21.9 Å². The molecule has 0 spiro atoms. The molecule has 0 radical (unpaired) electrons. The lowest BCUT2D eigenvalue weighted by molar-refractivity contribution is 0.111. The maximum atomic E-state index is 6.37. The minimum absolute atomic E-state index is 0.187. The first kappa shape index (κ1) is 20.8. The van der Waals surface area contributed by atoms with Crippen LogP contribution in [0.1, 0.15) is 18.4 Å². The second-order valence-electron chi connectivity index (χ2n) is 9.17. The molecule has 1 fully saturated rings. The van der Waals surface area contributed by atoms with Gasteiger partial charge in [0.15, 0.2) is 0 Å². The van der Waals surface area contributed by atoms with Gasteiger partial charge >= 0.3 is 0 Å². The summed E-state index contributed by atoms with van der Waals surface area (Å²) in [7, 11) is 2.16. The van der Waals surface area contributed by atoms with Crippen LogP contribution in [0.4, 0.5) is 0 Å². The number of aryl methyl sites for hydroxylation is 1. The lowest BCUT2D eigenvalue weighted by Gasteiger charge is -2.29. The number of ether oxygens (including phenoxy) is 1. The SMILES string of the molecule is Cc1ccccc1-c1cnc2[nH]cc(-c3ccc4ncnc(OC5CCN(C)CC5)c4c3)c2c1. The average Bonchev–Trinajstić information content (AvgIpc) is 3.29. The van der Waals surface area contributed by atoms with E-state index < -0.39 is 0 Å². The number of hydrogen-bond acceptors (Lipinski definition) is 5. The summed E-state index contributed by atoms with van der Waals surface area (Å²) in [6, 6.07) is 16.9. The predicted molar refractivity (Wildman–Crippen MR) is 136 cm³/mol. The van der Waals surface area contributed by atoms with Gasteiger partial charge in [0.2, 0.25) is 5.88 Å². The van der Waals surface area contributed by atoms with Crippen molar-refractivity contribution in [1.82, 2.24) is 24.8 Å². The third-order valence-corrected chi connectivity index (χ3v) is 6.84. The van der Waals surface area contributed by atoms with E-state index in [1.54, 1.807) is 6.33 Å². The van der Waals surface area contributed by atoms with Gasteiger partial charge in [0, 0.05) is 42.0 Å². The first-order valence-corrected chi connectivity index (χ1v) is 11.8. The van der Waals surface area contributed by atoms with Crippen molar-refractivity contribution in [2.24, 2.45) is 0 Å². The zero-order chi connectivity index (χ0) is 23.1. The molecule has 6 rings (SSSR count). The Morgan fingerprint density at radius 1 is 0.912 bits per heavy atom. The second kappa shape index (κ2) is 8.54. The Morgan fingerprint density at radius 2 is 1.74 bits per heavy atom. The highest BCUT2D eigenvalue weighted by molar-refractivity contribution is 5.98. The largest absolute Gasteiger partial charge is 0.474 e. The van der Waals surface area contributed by atoms with Crippen LogP contribution in [-0.2, 0) is 0 Å². The van der Waals surface area contributed by atoms with Crippen molar-refractivity contribution in [1.29, 1.82) is 0 Å². The molecule has 1 N–H and O–H groups in total. The lowest BCUT2D eigenvalue weighted by atomic mass is 9.99. The van der Waals surface area contributed by atoms with Gasteiger partial charge in [0.05, 0.1) is 10.9 Å². The van der Waals surface area contributed by atoms with Gasteiger partial charge in [-0.25, -0.2) is 15.0 Å². The van der Waals surface area contributed by atoms with E-state index in [1.165, 1.54) is 11.1 Å². The Labute approximate surface area is 198 Å². The van der Waals surface area contributed by atoms with Crippen LogP contribution in [0.25, 0.3) is 44.2 Å². The van der Waals surface area contributed by atoms with Crippen LogP contribution in [0.5, 0.6) is 5.88 Å². The second-order valence-corrected chi connectivity index (χ2v) is 9.17. The van der Waals surface area contributed by atoms with Crippen molar-refractivity contribution in [2.45, 2.75) is 25.9 Å². The van der Waals surface area contributed by atoms with Crippen LogP contribution in [0.15, 0.2) is 67.3 Å². The summed E-state index contributed by atoms with van der Waals surface area (Å²) in [6.07, 6.45) is 7.77. The summed E-state index contributed by atoms with van der Waals surface area (Å²) < 4.78 is 6.37. The molecule has 6 nitrogen and oxygen atoms in total. The van der Waals surface area contributed by atoms with E-state index in [0.29, 0.717) is 5.88 Å². The van der Waals surface area contributed by atoms with Gasteiger partial charge in [-0.2, -0.15) is 0 Å². The number of benzene rings is 2. The summed E-state index contributed by atoms with van der Waals surface area (Å²) in [5.74, 6) is 0.667. The molecule has 3 aromatic heterocycles. The molecule has 0 amide bonds. The fourth-order valence-electron chi connectivity index (χ4n) is 4.84. The molecule has 1 saturated heterocycles. The van der Waals surface area contributed by atoms with E-state index in [0.717, 1.165) is 64.6 Å². The monoisotopic (exact) mass is 449 g/mol. The zero-order valence-corrected chi connectivity index (χ0v) is 19.5. The molecule has 34 heavy (non-hydrogen) atoms. The molecule has 4 heterocycles. The van der Waals surface area contributed by atoms with Crippen LogP contribution < -0.4 is 4.74 Å². The van der Waals surface area contributed by atoms with Crippen LogP contribution in [0.3, 0.4) is 0 Å². The van der Waals surface area contributed by atoms with E-state index in [4.69, 9.17) is 9.72 Å². The molecule has 2 aromatic carbocycles. The number of piperidine rings is 1. The first-order chi connectivity index (χ1) is 16.7. The van der Waals surface area contributed by atoms with Crippen LogP contribution in [0.2, 0.25) is 0 Å². The number of pyridine rings is 1. The van der Waals surface area contributed by atoms with Gasteiger partial charge in [-0.1, -0.05) is 30.3 Å². The minimum Gasteiger partial charge on any atom is -0.474 e. The molecular formula is C28H27N5O. The van der Waals surface area contributed by atoms with Gasteiger partial charge < -0.3 is 14.6 Å². The Morgan fingerprint density at radius 3 is 2.59 bits per heavy atom. The standard InChI is InChI=1S/C28H27N5O/c1-18-5-3-4-6-22(18)20-14-23-25(16-30-27(23)29-15-20)19-7-8-26-24(13-19)28(32-17-31-26)34-21-9-11-33(2)12-10-21/h3-8,13-17,21H,9-12H2,1-2H3,(H,29,30). The van der Waals surface area contributed by atoms with Crippen molar-refractivity contribution in [2.75, 3.05) is 20.1 Å². The summed E-state index contributed by atoms with van der Waals surface area (Å²) in [6.45, 7) is 4.22. The summed E-state index contributed by atoms with van der Waals surface area (Å²) >= 11 is 0. The van der Waals surface area contributed by atoms with E-state index >= 15 is 0 Å². The highest BCUT2D eigenvalue weighted by Gasteiger charge is 2.20. The quantitative estimate of drug-likeness (QED) is 0.386. The lowest BCUT2D eigenvalue weighted by Crippen LogP contribution is -2.35. The Bertz CT molecular complexity index is 1480. The Balaban J connectivity index is 1.41. The van der Waals surface area contributed by atoms with Crippen molar-refractivity contribution in [3.63, 3.8) is 0 Å². The molecule has 0 atom stereocenters. The fraction of sp³-hybridized carbons (Fsp3) is 0.250. The molecule has 0 aliphatic carbocycles. The van der Waals surface area contributed by atoms with Gasteiger partial charge in [0.1, 0.15) is 18.1 Å². The Hall–Kier alpha value is -3.77. The molecule has 0 unspecified atom stereocenters. The number of likely N-dealkylation sites (tertiary alicyclic amines) is 1. The van der Waals surface area contributed by atoms with Gasteiger partial charge in [0.25, 0.3) is 0 Å². The summed E-state index contributed by atoms with van der Waals surface area (Å²) in [5, 5.41) is 2.03. The maximum absolute atomic E-state index is 6.37. The van der Waals surface area contributed by atoms with Crippen molar-refractivity contribution in [3.05, 3.63) is 72.8 Å². The van der Waals surface area contributed by atoms with E-state index in [-0.39, 0.29) is 6.10 Å². The van der Waals surface area contributed by atoms with Gasteiger partial charge in [-0.05, 0) is 61.7 Å². The van der Waals surface area contributed by atoms with Gasteiger partial charge in [-0.15, -0.1) is 0 Å². The third kappa shape index (κ3) is 3.80. The molecule has 170 valence electrons. The zero-order valence-electron chi connectivity index (χ0n) is 19.5. The van der Waals surface area contributed by atoms with Crippen molar-refractivity contribution in [3.8, 4) is 28.1 Å². The average molecular weight is 450 g/mol. The van der Waals surface area contributed by atoms with Crippen LogP contribution in [0, 0.1) is 6.92 Å². The number of fused-ring (bicyclic) bond motifs is 2. The normalized spacial score (nSPS) is 15.2. The fourth-order valence-corrected chi connectivity index (χ4v) is 4.84. The summed E-state index contributed by atoms with van der Waals surface area (Å²) in [4.78, 5) is 19.3. The van der Waals surface area contributed by atoms with Crippen molar-refractivity contribution < 1.29 is 4.74 Å². The number of aromatic amines is 1. The summed E-state index contributed by atoms with van der Waals surface area (Å²) in [5.41, 5.74) is 7.50. The molecule has 1 aliphatic heterocycles. The topological polar surface area (TPSA) is 66.9 Å². The number of H-pyrrole nitrogens is 1. The van der Waals surface area contributed by atoms with E-state index in [2.05, 4.69) is 76.3 Å². The highest BCUT2D eigenvalue weighted by Crippen LogP contribution is 2.35. The minimum atomic E-state index is 0.187. The Kier molecular flexibility index (Phi) is 5.23. The number of aromatic nitrogens is 4. The molecule has 5 aromatic rings. The van der Waals surface area contributed by atoms with Gasteiger partial charge in [-0.3, -0.25) is 0 Å². The molecule has 6 heteroatoms. The van der Waals surface area contributed by atoms with Crippen LogP contribution >= 0.6 is 0 Å². The third-order valence-electron chi connectivity index (χ3n) is 6.84. The van der Waals surface area contributed by atoms with Crippen LogP contribution in [-0.4, -0.2) is 51.1 Å². The molecule has 0 saturated carbocycles.